The molecule has 2 aliphatic rings. The van der Waals surface area contributed by atoms with E-state index in [-0.39, 0.29) is 17.5 Å². The van der Waals surface area contributed by atoms with Gasteiger partial charge in [-0.25, -0.2) is 23.3 Å². The first kappa shape index (κ1) is 26.0. The van der Waals surface area contributed by atoms with Crippen molar-refractivity contribution in [3.63, 3.8) is 0 Å². The van der Waals surface area contributed by atoms with Crippen LogP contribution in [0, 0.1) is 0 Å². The normalized spacial score (nSPS) is 24.7. The standard InChI is InChI=1S/C26H29N5O6SSi/c1-26(2,3)39(17-10-6-4-7-11-17,18-12-8-5-9-13-18)34-14-19-21-22(37-38(32,33)36-21)25(35-19)31-16-30-20-23(27)28-15-29-24(20)31/h4-13,15-16,19,21-22,25H,14H2,1-3H3,(H2,27,28,29)/t19-,21-,22-,25-/m1/s1. The third-order valence-electron chi connectivity index (χ3n) is 7.29. The Labute approximate surface area is 227 Å². The highest BCUT2D eigenvalue weighted by Crippen LogP contribution is 2.43. The summed E-state index contributed by atoms with van der Waals surface area (Å²) in [7, 11) is -7.14. The predicted molar refractivity (Wildman–Crippen MR) is 146 cm³/mol. The minimum absolute atomic E-state index is 0.0770. The summed E-state index contributed by atoms with van der Waals surface area (Å²) < 4.78 is 50.6. The Kier molecular flexibility index (Phi) is 6.32. The van der Waals surface area contributed by atoms with Crippen LogP contribution in [0.15, 0.2) is 73.3 Å². The quantitative estimate of drug-likeness (QED) is 0.344. The van der Waals surface area contributed by atoms with Crippen molar-refractivity contribution < 1.29 is 25.9 Å². The zero-order chi connectivity index (χ0) is 27.4. The number of fused-ring (bicyclic) bond motifs is 2. The summed E-state index contributed by atoms with van der Waals surface area (Å²) in [6, 6.07) is 20.3. The molecular weight excluding hydrogens is 538 g/mol. The van der Waals surface area contributed by atoms with Crippen molar-refractivity contribution in [1.82, 2.24) is 19.5 Å². The third-order valence-corrected chi connectivity index (χ3v) is 13.2. The second-order valence-corrected chi connectivity index (χ2v) is 16.2. The van der Waals surface area contributed by atoms with E-state index in [1.54, 1.807) is 4.57 Å². The number of imidazole rings is 1. The van der Waals surface area contributed by atoms with Gasteiger partial charge in [-0.2, -0.15) is 8.42 Å². The van der Waals surface area contributed by atoms with Crippen molar-refractivity contribution in [3.8, 4) is 0 Å². The van der Waals surface area contributed by atoms with E-state index in [9.17, 15) is 8.42 Å². The molecule has 0 bridgehead atoms. The molecule has 4 atom stereocenters. The van der Waals surface area contributed by atoms with Crippen LogP contribution >= 0.6 is 0 Å². The van der Waals surface area contributed by atoms with E-state index >= 15 is 0 Å². The SMILES string of the molecule is CC(C)(C)[Si](OC[C@H]1O[C@@H](n2cnc3c(N)ncnc32)[C@@H]2OS(=O)(=O)O[C@@H]21)(c1ccccc1)c1ccccc1. The summed E-state index contributed by atoms with van der Waals surface area (Å²) in [6.07, 6.45) is -0.729. The molecule has 4 aromatic rings. The number of benzene rings is 2. The molecule has 13 heteroatoms. The average molecular weight is 568 g/mol. The lowest BCUT2D eigenvalue weighted by Crippen LogP contribution is -2.67. The van der Waals surface area contributed by atoms with Gasteiger partial charge in [0.15, 0.2) is 23.8 Å². The van der Waals surface area contributed by atoms with Gasteiger partial charge in [-0.15, -0.1) is 0 Å². The Morgan fingerprint density at radius 1 is 0.949 bits per heavy atom. The van der Waals surface area contributed by atoms with Crippen LogP contribution in [0.1, 0.15) is 27.0 Å². The van der Waals surface area contributed by atoms with Gasteiger partial charge in [0.2, 0.25) is 0 Å². The highest BCUT2D eigenvalue weighted by Gasteiger charge is 2.58. The number of nitrogen functional groups attached to an aromatic ring is 1. The van der Waals surface area contributed by atoms with Crippen LogP contribution < -0.4 is 16.1 Å². The van der Waals surface area contributed by atoms with Gasteiger partial charge >= 0.3 is 10.4 Å². The lowest BCUT2D eigenvalue weighted by molar-refractivity contribution is -0.0517. The lowest BCUT2D eigenvalue weighted by Gasteiger charge is -2.43. The van der Waals surface area contributed by atoms with E-state index < -0.39 is 43.3 Å². The Balaban J connectivity index is 1.39. The van der Waals surface area contributed by atoms with Gasteiger partial charge in [0, 0.05) is 0 Å². The summed E-state index contributed by atoms with van der Waals surface area (Å²) in [5.74, 6) is 0.205. The predicted octanol–water partition coefficient (Wildman–Crippen LogP) is 1.91. The van der Waals surface area contributed by atoms with E-state index in [0.29, 0.717) is 11.2 Å². The fourth-order valence-electron chi connectivity index (χ4n) is 5.60. The molecule has 2 aromatic carbocycles. The molecule has 0 amide bonds. The van der Waals surface area contributed by atoms with E-state index in [4.69, 9.17) is 23.3 Å². The molecule has 11 nitrogen and oxygen atoms in total. The largest absolute Gasteiger partial charge is 0.405 e. The average Bonchev–Trinajstić information content (AvgIpc) is 3.56. The molecule has 0 spiro atoms. The number of ether oxygens (including phenoxy) is 1. The molecule has 2 aliphatic heterocycles. The number of anilines is 1. The van der Waals surface area contributed by atoms with E-state index in [1.807, 2.05) is 36.4 Å². The van der Waals surface area contributed by atoms with Gasteiger partial charge in [0.1, 0.15) is 24.1 Å². The molecule has 6 rings (SSSR count). The number of rotatable bonds is 6. The molecule has 2 fully saturated rings. The molecule has 0 unspecified atom stereocenters. The molecule has 2 saturated heterocycles. The number of nitrogens with two attached hydrogens (primary N) is 1. The summed E-state index contributed by atoms with van der Waals surface area (Å²) in [6.45, 7) is 6.58. The summed E-state index contributed by atoms with van der Waals surface area (Å²) in [5.41, 5.74) is 6.73. The summed E-state index contributed by atoms with van der Waals surface area (Å²) >= 11 is 0. The minimum atomic E-state index is -4.23. The first-order valence-electron chi connectivity index (χ1n) is 12.6. The Hall–Kier alpha value is -3.20. The van der Waals surface area contributed by atoms with Crippen LogP contribution in [0.5, 0.6) is 0 Å². The smallest absolute Gasteiger partial charge is 0.400 e. The highest BCUT2D eigenvalue weighted by atomic mass is 32.3. The Morgan fingerprint density at radius 3 is 2.18 bits per heavy atom. The van der Waals surface area contributed by atoms with E-state index in [1.165, 1.54) is 12.7 Å². The Morgan fingerprint density at radius 2 is 1.56 bits per heavy atom. The maximum atomic E-state index is 12.4. The van der Waals surface area contributed by atoms with Crippen LogP contribution in [0.3, 0.4) is 0 Å². The lowest BCUT2D eigenvalue weighted by atomic mass is 10.1. The maximum Gasteiger partial charge on any atom is 0.400 e. The molecular formula is C26H29N5O6SSi. The number of nitrogens with zero attached hydrogens (tertiary/aromatic N) is 4. The molecule has 0 radical (unpaired) electrons. The van der Waals surface area contributed by atoms with Crippen molar-refractivity contribution in [2.24, 2.45) is 0 Å². The van der Waals surface area contributed by atoms with E-state index in [0.717, 1.165) is 10.4 Å². The van der Waals surface area contributed by atoms with Gasteiger partial charge in [-0.1, -0.05) is 81.4 Å². The van der Waals surface area contributed by atoms with Crippen molar-refractivity contribution >= 4 is 46.1 Å². The molecule has 204 valence electrons. The van der Waals surface area contributed by atoms with Crippen molar-refractivity contribution in [2.45, 2.75) is 50.3 Å². The number of hydrogen-bond acceptors (Lipinski definition) is 10. The topological polar surface area (TPSA) is 141 Å². The molecule has 0 aliphatic carbocycles. The van der Waals surface area contributed by atoms with Crippen molar-refractivity contribution in [3.05, 3.63) is 73.3 Å². The zero-order valence-electron chi connectivity index (χ0n) is 21.7. The van der Waals surface area contributed by atoms with Gasteiger partial charge in [-0.05, 0) is 15.4 Å². The molecule has 2 aromatic heterocycles. The van der Waals surface area contributed by atoms with Crippen LogP contribution in [-0.4, -0.2) is 61.2 Å². The van der Waals surface area contributed by atoms with Crippen LogP contribution in [0.2, 0.25) is 5.04 Å². The Bertz CT molecular complexity index is 1560. The molecule has 2 N–H and O–H groups in total. The van der Waals surface area contributed by atoms with Crippen LogP contribution in [0.4, 0.5) is 5.82 Å². The third kappa shape index (κ3) is 4.35. The number of aromatic nitrogens is 4. The maximum absolute atomic E-state index is 12.4. The van der Waals surface area contributed by atoms with Crippen LogP contribution in [-0.2, 0) is 27.9 Å². The van der Waals surface area contributed by atoms with Gasteiger partial charge in [0.25, 0.3) is 8.32 Å². The monoisotopic (exact) mass is 567 g/mol. The molecule has 0 saturated carbocycles. The summed E-state index contributed by atoms with van der Waals surface area (Å²) in [4.78, 5) is 12.5. The van der Waals surface area contributed by atoms with Crippen molar-refractivity contribution in [1.29, 1.82) is 0 Å². The second-order valence-electron chi connectivity index (χ2n) is 10.7. The number of hydrogen-bond donors (Lipinski definition) is 1. The first-order valence-corrected chi connectivity index (χ1v) is 15.8. The van der Waals surface area contributed by atoms with Gasteiger partial charge < -0.3 is 14.9 Å². The molecule has 39 heavy (non-hydrogen) atoms. The second kappa shape index (κ2) is 9.47. The van der Waals surface area contributed by atoms with Gasteiger partial charge in [-0.3, -0.25) is 4.57 Å². The van der Waals surface area contributed by atoms with Crippen LogP contribution in [0.25, 0.3) is 11.2 Å². The molecule has 4 heterocycles. The highest BCUT2D eigenvalue weighted by molar-refractivity contribution is 7.82. The van der Waals surface area contributed by atoms with E-state index in [2.05, 4.69) is 60.0 Å². The zero-order valence-corrected chi connectivity index (χ0v) is 23.5. The fraction of sp³-hybridized carbons (Fsp3) is 0.346. The van der Waals surface area contributed by atoms with Crippen molar-refractivity contribution in [2.75, 3.05) is 12.3 Å². The van der Waals surface area contributed by atoms with Gasteiger partial charge in [0.05, 0.1) is 12.9 Å². The first-order chi connectivity index (χ1) is 18.6. The fourth-order valence-corrected chi connectivity index (χ4v) is 11.2. The summed E-state index contributed by atoms with van der Waals surface area (Å²) in [5, 5.41) is 1.92. The minimum Gasteiger partial charge on any atom is -0.405 e.